The molecule has 84 valence electrons. The smallest absolute Gasteiger partial charge is 0.159 e. The Labute approximate surface area is 98.1 Å². The van der Waals surface area contributed by atoms with Gasteiger partial charge in [0.05, 0.1) is 17.6 Å². The van der Waals surface area contributed by atoms with Crippen LogP contribution in [0.1, 0.15) is 11.3 Å². The third-order valence-electron chi connectivity index (χ3n) is 2.28. The number of hydrogen-bond donors (Lipinski definition) is 1. The second-order valence-electron chi connectivity index (χ2n) is 3.58. The topological polar surface area (TPSA) is 44.5 Å². The molecule has 1 fully saturated rings. The summed E-state index contributed by atoms with van der Waals surface area (Å²) < 4.78 is 11.5. The minimum Gasteiger partial charge on any atom is -0.350 e. The molecule has 1 aliphatic rings. The van der Waals surface area contributed by atoms with Crippen molar-refractivity contribution in [1.82, 2.24) is 0 Å². The zero-order valence-electron chi connectivity index (χ0n) is 8.32. The number of nitrogens with two attached hydrogens (primary N) is 1. The van der Waals surface area contributed by atoms with Crippen molar-refractivity contribution in [2.24, 2.45) is 5.73 Å². The Bertz CT molecular complexity index is 312. The Morgan fingerprint density at radius 1 is 1.47 bits per heavy atom. The third kappa shape index (κ3) is 3.43. The molecule has 5 heteroatoms. The van der Waals surface area contributed by atoms with Crippen LogP contribution < -0.4 is 5.73 Å². The van der Waals surface area contributed by atoms with Crippen molar-refractivity contribution in [2.45, 2.75) is 25.2 Å². The van der Waals surface area contributed by atoms with Crippen LogP contribution in [0.5, 0.6) is 0 Å². The molecule has 0 aliphatic carbocycles. The maximum atomic E-state index is 6.00. The lowest BCUT2D eigenvalue weighted by Gasteiger charge is -2.14. The Morgan fingerprint density at radius 2 is 2.20 bits per heavy atom. The highest BCUT2D eigenvalue weighted by Gasteiger charge is 2.19. The quantitative estimate of drug-likeness (QED) is 0.886. The van der Waals surface area contributed by atoms with Gasteiger partial charge in [0.15, 0.2) is 6.29 Å². The molecule has 0 bridgehead atoms. The van der Waals surface area contributed by atoms with Crippen LogP contribution in [0, 0.1) is 0 Å². The first-order valence-corrected chi connectivity index (χ1v) is 6.16. The minimum atomic E-state index is -0.115. The van der Waals surface area contributed by atoms with E-state index in [0.717, 1.165) is 17.2 Å². The van der Waals surface area contributed by atoms with Crippen LogP contribution in [-0.4, -0.2) is 25.5 Å². The maximum Gasteiger partial charge on any atom is 0.159 e. The average Bonchev–Trinajstić information content (AvgIpc) is 2.77. The molecule has 1 aliphatic heterocycles. The predicted molar refractivity (Wildman–Crippen MR) is 61.3 cm³/mol. The summed E-state index contributed by atoms with van der Waals surface area (Å²) >= 11 is 7.42. The second kappa shape index (κ2) is 5.27. The summed E-state index contributed by atoms with van der Waals surface area (Å²) in [6.45, 7) is 1.37. The molecule has 3 nitrogen and oxygen atoms in total. The van der Waals surface area contributed by atoms with Crippen LogP contribution in [-0.2, 0) is 15.9 Å². The zero-order chi connectivity index (χ0) is 10.7. The van der Waals surface area contributed by atoms with Crippen molar-refractivity contribution in [2.75, 3.05) is 13.2 Å². The van der Waals surface area contributed by atoms with Gasteiger partial charge in [-0.05, 0) is 18.6 Å². The van der Waals surface area contributed by atoms with E-state index >= 15 is 0 Å². The van der Waals surface area contributed by atoms with Crippen molar-refractivity contribution in [3.8, 4) is 0 Å². The lowest BCUT2D eigenvalue weighted by molar-refractivity contribution is -0.0504. The highest BCUT2D eigenvalue weighted by Crippen LogP contribution is 2.23. The van der Waals surface area contributed by atoms with Crippen LogP contribution in [0.4, 0.5) is 0 Å². The van der Waals surface area contributed by atoms with Gasteiger partial charge in [-0.2, -0.15) is 0 Å². The molecule has 1 aromatic rings. The summed E-state index contributed by atoms with van der Waals surface area (Å²) in [6, 6.07) is 3.99. The highest BCUT2D eigenvalue weighted by molar-refractivity contribution is 7.16. The van der Waals surface area contributed by atoms with E-state index in [-0.39, 0.29) is 12.3 Å². The normalized spacial score (nSPS) is 19.6. The monoisotopic (exact) mass is 247 g/mol. The highest BCUT2D eigenvalue weighted by atomic mass is 35.5. The molecule has 2 N–H and O–H groups in total. The summed E-state index contributed by atoms with van der Waals surface area (Å²) in [5.41, 5.74) is 6.00. The maximum absolute atomic E-state index is 6.00. The number of halogens is 1. The van der Waals surface area contributed by atoms with Gasteiger partial charge in [0.1, 0.15) is 0 Å². The molecule has 2 rings (SSSR count). The molecule has 0 amide bonds. The molecule has 0 spiro atoms. The average molecular weight is 248 g/mol. The number of ether oxygens (including phenoxy) is 2. The predicted octanol–water partition coefficient (Wildman–Crippen LogP) is 2.03. The molecule has 0 radical (unpaired) electrons. The van der Waals surface area contributed by atoms with Gasteiger partial charge in [-0.3, -0.25) is 0 Å². The third-order valence-corrected chi connectivity index (χ3v) is 3.53. The minimum absolute atomic E-state index is 0.0721. The van der Waals surface area contributed by atoms with Gasteiger partial charge in [-0.25, -0.2) is 0 Å². The Kier molecular flexibility index (Phi) is 3.99. The molecule has 0 saturated carbocycles. The van der Waals surface area contributed by atoms with Crippen LogP contribution in [0.25, 0.3) is 0 Å². The standard InChI is InChI=1S/C10H14ClNO2S/c11-9-2-1-8(15-9)5-7(12)6-10-13-3-4-14-10/h1-2,7,10H,3-6,12H2. The van der Waals surface area contributed by atoms with Gasteiger partial charge in [-0.15, -0.1) is 11.3 Å². The van der Waals surface area contributed by atoms with Gasteiger partial charge in [0.25, 0.3) is 0 Å². The van der Waals surface area contributed by atoms with Crippen LogP contribution in [0.15, 0.2) is 12.1 Å². The van der Waals surface area contributed by atoms with Gasteiger partial charge < -0.3 is 15.2 Å². The lowest BCUT2D eigenvalue weighted by Crippen LogP contribution is -2.28. The van der Waals surface area contributed by atoms with E-state index in [1.165, 1.54) is 4.88 Å². The molecule has 1 atom stereocenters. The fraction of sp³-hybridized carbons (Fsp3) is 0.600. The van der Waals surface area contributed by atoms with E-state index in [2.05, 4.69) is 0 Å². The number of thiophene rings is 1. The SMILES string of the molecule is NC(Cc1ccc(Cl)s1)CC1OCCO1. The summed E-state index contributed by atoms with van der Waals surface area (Å²) in [5, 5.41) is 0. The molecular weight excluding hydrogens is 234 g/mol. The molecule has 2 heterocycles. The summed E-state index contributed by atoms with van der Waals surface area (Å²) in [6.07, 6.45) is 1.46. The van der Waals surface area contributed by atoms with E-state index in [0.29, 0.717) is 13.2 Å². The first-order chi connectivity index (χ1) is 7.24. The van der Waals surface area contributed by atoms with Crippen molar-refractivity contribution in [1.29, 1.82) is 0 Å². The van der Waals surface area contributed by atoms with Crippen molar-refractivity contribution >= 4 is 22.9 Å². The zero-order valence-corrected chi connectivity index (χ0v) is 9.89. The molecular formula is C10H14ClNO2S. The van der Waals surface area contributed by atoms with Gasteiger partial charge in [-0.1, -0.05) is 11.6 Å². The van der Waals surface area contributed by atoms with Crippen LogP contribution in [0.3, 0.4) is 0 Å². The largest absolute Gasteiger partial charge is 0.350 e. The van der Waals surface area contributed by atoms with Crippen LogP contribution >= 0.6 is 22.9 Å². The lowest BCUT2D eigenvalue weighted by atomic mass is 10.1. The number of rotatable bonds is 4. The Balaban J connectivity index is 1.78. The summed E-state index contributed by atoms with van der Waals surface area (Å²) in [7, 11) is 0. The van der Waals surface area contributed by atoms with Crippen LogP contribution in [0.2, 0.25) is 4.34 Å². The number of hydrogen-bond acceptors (Lipinski definition) is 4. The molecule has 0 aromatic carbocycles. The van der Waals surface area contributed by atoms with Crippen molar-refractivity contribution < 1.29 is 9.47 Å². The van der Waals surface area contributed by atoms with Crippen molar-refractivity contribution in [3.05, 3.63) is 21.3 Å². The van der Waals surface area contributed by atoms with E-state index in [1.54, 1.807) is 11.3 Å². The van der Waals surface area contributed by atoms with E-state index in [4.69, 9.17) is 26.8 Å². The van der Waals surface area contributed by atoms with E-state index < -0.39 is 0 Å². The summed E-state index contributed by atoms with van der Waals surface area (Å²) in [4.78, 5) is 1.21. The summed E-state index contributed by atoms with van der Waals surface area (Å²) in [5.74, 6) is 0. The Hall–Kier alpha value is -0.130. The van der Waals surface area contributed by atoms with Gasteiger partial charge in [0, 0.05) is 17.3 Å². The van der Waals surface area contributed by atoms with Gasteiger partial charge >= 0.3 is 0 Å². The van der Waals surface area contributed by atoms with E-state index in [1.807, 2.05) is 12.1 Å². The second-order valence-corrected chi connectivity index (χ2v) is 5.38. The van der Waals surface area contributed by atoms with E-state index in [9.17, 15) is 0 Å². The molecule has 1 saturated heterocycles. The fourth-order valence-electron chi connectivity index (χ4n) is 1.59. The fourth-order valence-corrected chi connectivity index (χ4v) is 2.77. The van der Waals surface area contributed by atoms with Crippen molar-refractivity contribution in [3.63, 3.8) is 0 Å². The Morgan fingerprint density at radius 3 is 2.80 bits per heavy atom. The first kappa shape index (κ1) is 11.4. The first-order valence-electron chi connectivity index (χ1n) is 4.97. The molecule has 15 heavy (non-hydrogen) atoms. The molecule has 1 unspecified atom stereocenters. The van der Waals surface area contributed by atoms with Gasteiger partial charge in [0.2, 0.25) is 0 Å². The molecule has 1 aromatic heterocycles.